The first-order valence-electron chi connectivity index (χ1n) is 13.9. The van der Waals surface area contributed by atoms with Gasteiger partial charge in [0.05, 0.1) is 18.2 Å². The Morgan fingerprint density at radius 1 is 0.950 bits per heavy atom. The minimum absolute atomic E-state index is 0.0820. The van der Waals surface area contributed by atoms with E-state index in [1.807, 2.05) is 42.2 Å². The Morgan fingerprint density at radius 2 is 1.55 bits per heavy atom. The Hall–Kier alpha value is -4.04. The van der Waals surface area contributed by atoms with E-state index in [0.717, 1.165) is 35.3 Å². The van der Waals surface area contributed by atoms with E-state index in [1.165, 1.54) is 0 Å². The molecule has 8 nitrogen and oxygen atoms in total. The van der Waals surface area contributed by atoms with Gasteiger partial charge in [-0.3, -0.25) is 9.89 Å². The number of ether oxygens (including phenoxy) is 1. The molecular formula is C32H38N4O4. The molecule has 0 radical (unpaired) electrons. The van der Waals surface area contributed by atoms with E-state index in [9.17, 15) is 15.0 Å². The van der Waals surface area contributed by atoms with Crippen molar-refractivity contribution < 1.29 is 19.7 Å². The molecule has 3 N–H and O–H groups in total. The highest BCUT2D eigenvalue weighted by atomic mass is 16.5. The smallest absolute Gasteiger partial charge is 0.326 e. The molecule has 0 aromatic heterocycles. The maximum atomic E-state index is 14.4. The first-order valence-corrected chi connectivity index (χ1v) is 13.9. The van der Waals surface area contributed by atoms with Crippen LogP contribution in [-0.2, 0) is 5.41 Å². The number of nitrogens with zero attached hydrogens (tertiary/aromatic N) is 3. The largest absolute Gasteiger partial charge is 0.508 e. The topological polar surface area (TPSA) is 97.6 Å². The molecule has 1 saturated heterocycles. The van der Waals surface area contributed by atoms with Gasteiger partial charge in [0, 0.05) is 26.2 Å². The van der Waals surface area contributed by atoms with Gasteiger partial charge in [0.1, 0.15) is 29.1 Å². The lowest BCUT2D eigenvalue weighted by Crippen LogP contribution is -2.53. The summed E-state index contributed by atoms with van der Waals surface area (Å²) >= 11 is 0. The summed E-state index contributed by atoms with van der Waals surface area (Å²) in [5, 5.41) is 23.3. The van der Waals surface area contributed by atoms with Crippen LogP contribution in [0, 0.1) is 0 Å². The van der Waals surface area contributed by atoms with Gasteiger partial charge in [-0.15, -0.1) is 0 Å². The number of piperazine rings is 1. The Bertz CT molecular complexity index is 1370. The summed E-state index contributed by atoms with van der Waals surface area (Å²) in [7, 11) is 0. The molecule has 2 amide bonds. The quantitative estimate of drug-likeness (QED) is 0.403. The predicted molar refractivity (Wildman–Crippen MR) is 156 cm³/mol. The summed E-state index contributed by atoms with van der Waals surface area (Å²) in [6, 6.07) is 19.0. The SMILES string of the molecule is CCOc1cc(C(C)(C)C)ccc1C1=NC(c2ccc(O)cc2)C(c2ccc(O)cc2)N1C(=O)N1CCNCC1. The predicted octanol–water partition coefficient (Wildman–Crippen LogP) is 5.36. The van der Waals surface area contributed by atoms with Gasteiger partial charge in [-0.1, -0.05) is 51.1 Å². The first-order chi connectivity index (χ1) is 19.2. The van der Waals surface area contributed by atoms with Crippen molar-refractivity contribution in [2.24, 2.45) is 4.99 Å². The van der Waals surface area contributed by atoms with E-state index in [1.54, 1.807) is 29.2 Å². The lowest BCUT2D eigenvalue weighted by molar-refractivity contribution is 0.157. The molecule has 0 saturated carbocycles. The summed E-state index contributed by atoms with van der Waals surface area (Å²) in [5.41, 5.74) is 3.52. The number of hydrogen-bond donors (Lipinski definition) is 3. The number of carbonyl (C=O) groups is 1. The molecule has 0 aliphatic carbocycles. The normalized spacial score (nSPS) is 19.4. The number of aromatic hydroxyl groups is 2. The van der Waals surface area contributed by atoms with Crippen LogP contribution in [0.3, 0.4) is 0 Å². The number of amidine groups is 1. The van der Waals surface area contributed by atoms with Crippen molar-refractivity contribution >= 4 is 11.9 Å². The molecule has 2 heterocycles. The lowest BCUT2D eigenvalue weighted by Gasteiger charge is -2.36. The van der Waals surface area contributed by atoms with E-state index < -0.39 is 12.1 Å². The van der Waals surface area contributed by atoms with Crippen molar-refractivity contribution in [3.05, 3.63) is 89.0 Å². The monoisotopic (exact) mass is 542 g/mol. The van der Waals surface area contributed by atoms with Crippen LogP contribution in [0.2, 0.25) is 0 Å². The Morgan fingerprint density at radius 3 is 2.12 bits per heavy atom. The van der Waals surface area contributed by atoms with E-state index >= 15 is 0 Å². The third-order valence-corrected chi connectivity index (χ3v) is 7.52. The molecule has 0 bridgehead atoms. The molecule has 2 aliphatic rings. The van der Waals surface area contributed by atoms with Gasteiger partial charge in [-0.05, 0) is 65.4 Å². The highest BCUT2D eigenvalue weighted by Gasteiger charge is 2.44. The number of hydrogen-bond acceptors (Lipinski definition) is 6. The van der Waals surface area contributed by atoms with E-state index in [0.29, 0.717) is 31.3 Å². The van der Waals surface area contributed by atoms with Crippen molar-refractivity contribution in [3.63, 3.8) is 0 Å². The Balaban J connectivity index is 1.71. The second-order valence-corrected chi connectivity index (χ2v) is 11.3. The summed E-state index contributed by atoms with van der Waals surface area (Å²) < 4.78 is 6.16. The minimum Gasteiger partial charge on any atom is -0.508 e. The van der Waals surface area contributed by atoms with Crippen LogP contribution in [0.1, 0.15) is 62.0 Å². The van der Waals surface area contributed by atoms with Crippen molar-refractivity contribution in [1.82, 2.24) is 15.1 Å². The summed E-state index contributed by atoms with van der Waals surface area (Å²) in [6.45, 7) is 11.5. The van der Waals surface area contributed by atoms with Crippen LogP contribution in [0.25, 0.3) is 0 Å². The average Bonchev–Trinajstić information content (AvgIpc) is 3.34. The number of amides is 2. The highest BCUT2D eigenvalue weighted by molar-refractivity contribution is 6.11. The van der Waals surface area contributed by atoms with Gasteiger partial charge >= 0.3 is 6.03 Å². The van der Waals surface area contributed by atoms with Gasteiger partial charge in [0.15, 0.2) is 0 Å². The van der Waals surface area contributed by atoms with Crippen LogP contribution >= 0.6 is 0 Å². The molecule has 40 heavy (non-hydrogen) atoms. The third kappa shape index (κ3) is 5.49. The van der Waals surface area contributed by atoms with Gasteiger partial charge in [-0.2, -0.15) is 0 Å². The number of benzene rings is 3. The molecule has 2 atom stereocenters. The van der Waals surface area contributed by atoms with Crippen molar-refractivity contribution in [2.45, 2.75) is 45.2 Å². The highest BCUT2D eigenvalue weighted by Crippen LogP contribution is 2.46. The zero-order valence-electron chi connectivity index (χ0n) is 23.6. The fraction of sp³-hybridized carbons (Fsp3) is 0.375. The van der Waals surface area contributed by atoms with E-state index in [-0.39, 0.29) is 22.9 Å². The number of rotatable bonds is 5. The van der Waals surface area contributed by atoms with Crippen LogP contribution in [-0.4, -0.2) is 64.7 Å². The van der Waals surface area contributed by atoms with Crippen LogP contribution in [0.15, 0.2) is 71.7 Å². The fourth-order valence-electron chi connectivity index (χ4n) is 5.33. The van der Waals surface area contributed by atoms with E-state index in [4.69, 9.17) is 9.73 Å². The summed E-state index contributed by atoms with van der Waals surface area (Å²) in [6.07, 6.45) is 0. The second kappa shape index (κ2) is 11.2. The minimum atomic E-state index is -0.473. The molecule has 5 rings (SSSR count). The van der Waals surface area contributed by atoms with Gasteiger partial charge < -0.3 is 25.2 Å². The molecular weight excluding hydrogens is 504 g/mol. The van der Waals surface area contributed by atoms with Gasteiger partial charge in [-0.25, -0.2) is 4.79 Å². The lowest BCUT2D eigenvalue weighted by atomic mass is 9.86. The fourth-order valence-corrected chi connectivity index (χ4v) is 5.33. The van der Waals surface area contributed by atoms with Gasteiger partial charge in [0.25, 0.3) is 0 Å². The molecule has 3 aromatic carbocycles. The standard InChI is InChI=1S/C32H38N4O4/c1-5-40-27-20-23(32(2,3)4)10-15-26(27)30-34-28(21-6-11-24(37)12-7-21)29(22-8-13-25(38)14-9-22)36(30)31(39)35-18-16-33-17-19-35/h6-15,20,28-29,33,37-38H,5,16-19H2,1-4H3. The zero-order valence-corrected chi connectivity index (χ0v) is 23.6. The number of phenols is 2. The molecule has 0 spiro atoms. The molecule has 3 aromatic rings. The number of carbonyl (C=O) groups excluding carboxylic acids is 1. The Labute approximate surface area is 235 Å². The number of aliphatic imine (C=N–C) groups is 1. The van der Waals surface area contributed by atoms with E-state index in [2.05, 4.69) is 38.2 Å². The van der Waals surface area contributed by atoms with Gasteiger partial charge in [0.2, 0.25) is 0 Å². The second-order valence-electron chi connectivity index (χ2n) is 11.3. The number of phenolic OH excluding ortho intramolecular Hbond substituents is 2. The average molecular weight is 543 g/mol. The summed E-state index contributed by atoms with van der Waals surface area (Å²) in [5.74, 6) is 1.55. The van der Waals surface area contributed by atoms with Crippen molar-refractivity contribution in [1.29, 1.82) is 0 Å². The Kier molecular flexibility index (Phi) is 7.72. The number of nitrogens with one attached hydrogen (secondary N) is 1. The molecule has 8 heteroatoms. The van der Waals surface area contributed by atoms with Crippen LogP contribution < -0.4 is 10.1 Å². The molecule has 2 unspecified atom stereocenters. The maximum Gasteiger partial charge on any atom is 0.326 e. The van der Waals surface area contributed by atoms with Crippen molar-refractivity contribution in [3.8, 4) is 17.2 Å². The zero-order chi connectivity index (χ0) is 28.4. The van der Waals surface area contributed by atoms with Crippen molar-refractivity contribution in [2.75, 3.05) is 32.8 Å². The molecule has 210 valence electrons. The number of urea groups is 1. The van der Waals surface area contributed by atoms with Crippen LogP contribution in [0.5, 0.6) is 17.2 Å². The first kappa shape index (κ1) is 27.5. The maximum absolute atomic E-state index is 14.4. The molecule has 2 aliphatic heterocycles. The molecule has 1 fully saturated rings. The summed E-state index contributed by atoms with van der Waals surface area (Å²) in [4.78, 5) is 23.3. The van der Waals surface area contributed by atoms with Crippen LogP contribution in [0.4, 0.5) is 4.79 Å². The third-order valence-electron chi connectivity index (χ3n) is 7.52.